The maximum Gasteiger partial charge on any atom is 0.311 e. The first kappa shape index (κ1) is 15.9. The number of carboxylic acids is 1. The van der Waals surface area contributed by atoms with E-state index < -0.39 is 11.4 Å². The molecule has 1 aliphatic rings. The van der Waals surface area contributed by atoms with Gasteiger partial charge in [0, 0.05) is 5.92 Å². The maximum absolute atomic E-state index is 11.7. The second-order valence-electron chi connectivity index (χ2n) is 6.26. The van der Waals surface area contributed by atoms with Gasteiger partial charge in [0.25, 0.3) is 0 Å². The Balaban J connectivity index is 2.21. The molecule has 0 aromatic carbocycles. The molecule has 1 aromatic heterocycles. The smallest absolute Gasteiger partial charge is 0.311 e. The molecule has 1 aliphatic carbocycles. The van der Waals surface area contributed by atoms with Gasteiger partial charge in [-0.2, -0.15) is 0 Å². The van der Waals surface area contributed by atoms with Crippen LogP contribution in [-0.2, 0) is 11.3 Å². The van der Waals surface area contributed by atoms with Crippen LogP contribution in [0.3, 0.4) is 0 Å². The Morgan fingerprint density at radius 1 is 1.29 bits per heavy atom. The largest absolute Gasteiger partial charge is 0.481 e. The van der Waals surface area contributed by atoms with E-state index in [1.165, 1.54) is 0 Å². The van der Waals surface area contributed by atoms with E-state index in [-0.39, 0.29) is 0 Å². The minimum absolute atomic E-state index is 0.335. The SMILES string of the molecule is CCCC(CCC)c1nnnn1CC1(C(=O)O)CCCC1. The number of aliphatic carboxylic acids is 1. The molecule has 0 spiro atoms. The molecule has 6 heteroatoms. The van der Waals surface area contributed by atoms with E-state index >= 15 is 0 Å². The summed E-state index contributed by atoms with van der Waals surface area (Å²) in [5, 5.41) is 21.7. The molecule has 0 bridgehead atoms. The predicted molar refractivity (Wildman–Crippen MR) is 78.9 cm³/mol. The molecule has 1 heterocycles. The molecule has 0 aliphatic heterocycles. The van der Waals surface area contributed by atoms with Crippen LogP contribution in [0.4, 0.5) is 0 Å². The van der Waals surface area contributed by atoms with Crippen molar-refractivity contribution in [3.8, 4) is 0 Å². The lowest BCUT2D eigenvalue weighted by Gasteiger charge is -2.25. The van der Waals surface area contributed by atoms with Crippen molar-refractivity contribution in [1.29, 1.82) is 0 Å². The average molecular weight is 294 g/mol. The zero-order valence-corrected chi connectivity index (χ0v) is 13.1. The normalized spacial score (nSPS) is 17.5. The van der Waals surface area contributed by atoms with Crippen molar-refractivity contribution in [3.63, 3.8) is 0 Å². The average Bonchev–Trinajstić information content (AvgIpc) is 3.09. The summed E-state index contributed by atoms with van der Waals surface area (Å²) >= 11 is 0. The number of nitrogens with zero attached hydrogens (tertiary/aromatic N) is 4. The number of hydrogen-bond donors (Lipinski definition) is 1. The van der Waals surface area contributed by atoms with Gasteiger partial charge in [0.2, 0.25) is 0 Å². The molecule has 1 fully saturated rings. The number of rotatable bonds is 8. The van der Waals surface area contributed by atoms with Gasteiger partial charge in [0.05, 0.1) is 12.0 Å². The van der Waals surface area contributed by atoms with Crippen LogP contribution in [0.1, 0.15) is 77.0 Å². The summed E-state index contributed by atoms with van der Waals surface area (Å²) in [7, 11) is 0. The van der Waals surface area contributed by atoms with Gasteiger partial charge < -0.3 is 5.11 Å². The number of carbonyl (C=O) groups is 1. The fraction of sp³-hybridized carbons (Fsp3) is 0.867. The molecule has 6 nitrogen and oxygen atoms in total. The van der Waals surface area contributed by atoms with Gasteiger partial charge in [-0.25, -0.2) is 4.68 Å². The summed E-state index contributed by atoms with van der Waals surface area (Å²) in [5.41, 5.74) is -0.674. The highest BCUT2D eigenvalue weighted by Crippen LogP contribution is 2.40. The lowest BCUT2D eigenvalue weighted by Crippen LogP contribution is -2.34. The van der Waals surface area contributed by atoms with Gasteiger partial charge in [-0.1, -0.05) is 39.5 Å². The highest BCUT2D eigenvalue weighted by Gasteiger charge is 2.42. The lowest BCUT2D eigenvalue weighted by atomic mass is 9.86. The van der Waals surface area contributed by atoms with Crippen LogP contribution < -0.4 is 0 Å². The van der Waals surface area contributed by atoms with Gasteiger partial charge in [0.1, 0.15) is 0 Å². The molecule has 0 unspecified atom stereocenters. The van der Waals surface area contributed by atoms with E-state index in [1.54, 1.807) is 4.68 Å². The van der Waals surface area contributed by atoms with Gasteiger partial charge >= 0.3 is 5.97 Å². The van der Waals surface area contributed by atoms with E-state index in [0.29, 0.717) is 12.5 Å². The zero-order chi connectivity index (χ0) is 15.3. The Labute approximate surface area is 125 Å². The van der Waals surface area contributed by atoms with E-state index in [9.17, 15) is 9.90 Å². The second-order valence-corrected chi connectivity index (χ2v) is 6.26. The highest BCUT2D eigenvalue weighted by molar-refractivity contribution is 5.74. The molecule has 1 N–H and O–H groups in total. The van der Waals surface area contributed by atoms with E-state index in [0.717, 1.165) is 57.2 Å². The molecular weight excluding hydrogens is 268 g/mol. The number of hydrogen-bond acceptors (Lipinski definition) is 4. The number of aromatic nitrogens is 4. The molecule has 2 rings (SSSR count). The third kappa shape index (κ3) is 3.41. The van der Waals surface area contributed by atoms with Crippen LogP contribution in [0.25, 0.3) is 0 Å². The molecule has 118 valence electrons. The van der Waals surface area contributed by atoms with Gasteiger partial charge in [-0.15, -0.1) is 5.10 Å². The third-order valence-electron chi connectivity index (χ3n) is 4.67. The first-order valence-corrected chi connectivity index (χ1v) is 8.12. The van der Waals surface area contributed by atoms with Crippen molar-refractivity contribution >= 4 is 5.97 Å². The van der Waals surface area contributed by atoms with Crippen molar-refractivity contribution in [2.24, 2.45) is 5.41 Å². The minimum atomic E-state index is -0.705. The Hall–Kier alpha value is -1.46. The predicted octanol–water partition coefficient (Wildman–Crippen LogP) is 3.00. The molecule has 21 heavy (non-hydrogen) atoms. The van der Waals surface area contributed by atoms with Crippen molar-refractivity contribution in [3.05, 3.63) is 5.82 Å². The molecule has 0 saturated heterocycles. The monoisotopic (exact) mass is 294 g/mol. The van der Waals surface area contributed by atoms with Crippen LogP contribution in [0, 0.1) is 5.41 Å². The standard InChI is InChI=1S/C15H26N4O2/c1-3-7-12(8-4-2)13-16-17-18-19(13)11-15(14(20)21)9-5-6-10-15/h12H,3-11H2,1-2H3,(H,20,21). The van der Waals surface area contributed by atoms with E-state index in [1.807, 2.05) is 0 Å². The van der Waals surface area contributed by atoms with Gasteiger partial charge in [0.15, 0.2) is 5.82 Å². The molecule has 1 saturated carbocycles. The third-order valence-corrected chi connectivity index (χ3v) is 4.67. The van der Waals surface area contributed by atoms with Gasteiger partial charge in [-0.3, -0.25) is 4.79 Å². The van der Waals surface area contributed by atoms with Crippen LogP contribution >= 0.6 is 0 Å². The summed E-state index contributed by atoms with van der Waals surface area (Å²) in [6.07, 6.45) is 7.70. The Kier molecular flexibility index (Phi) is 5.31. The topological polar surface area (TPSA) is 80.9 Å². The molecule has 0 radical (unpaired) electrons. The number of carboxylic acid groups (broad SMARTS) is 1. The van der Waals surface area contributed by atoms with Crippen molar-refractivity contribution in [2.75, 3.05) is 0 Å². The Morgan fingerprint density at radius 2 is 1.90 bits per heavy atom. The zero-order valence-electron chi connectivity index (χ0n) is 13.1. The Morgan fingerprint density at radius 3 is 2.43 bits per heavy atom. The summed E-state index contributed by atoms with van der Waals surface area (Å²) < 4.78 is 1.76. The summed E-state index contributed by atoms with van der Waals surface area (Å²) in [6.45, 7) is 4.73. The fourth-order valence-electron chi connectivity index (χ4n) is 3.49. The van der Waals surface area contributed by atoms with Crippen LogP contribution in [0.5, 0.6) is 0 Å². The van der Waals surface area contributed by atoms with Crippen LogP contribution in [-0.4, -0.2) is 31.3 Å². The Bertz CT molecular complexity index is 460. The van der Waals surface area contributed by atoms with Gasteiger partial charge in [-0.05, 0) is 36.1 Å². The van der Waals surface area contributed by atoms with Crippen LogP contribution in [0.15, 0.2) is 0 Å². The molecular formula is C15H26N4O2. The highest BCUT2D eigenvalue weighted by atomic mass is 16.4. The minimum Gasteiger partial charge on any atom is -0.481 e. The number of tetrazole rings is 1. The van der Waals surface area contributed by atoms with E-state index in [4.69, 9.17) is 0 Å². The van der Waals surface area contributed by atoms with Crippen molar-refractivity contribution < 1.29 is 9.90 Å². The maximum atomic E-state index is 11.7. The first-order chi connectivity index (χ1) is 10.1. The molecule has 1 aromatic rings. The van der Waals surface area contributed by atoms with Crippen molar-refractivity contribution in [1.82, 2.24) is 20.2 Å². The fourth-order valence-corrected chi connectivity index (χ4v) is 3.49. The summed E-state index contributed by atoms with van der Waals surface area (Å²) in [4.78, 5) is 11.7. The summed E-state index contributed by atoms with van der Waals surface area (Å²) in [6, 6.07) is 0. The molecule has 0 atom stereocenters. The van der Waals surface area contributed by atoms with E-state index in [2.05, 4.69) is 29.4 Å². The summed E-state index contributed by atoms with van der Waals surface area (Å²) in [5.74, 6) is 0.498. The quantitative estimate of drug-likeness (QED) is 0.797. The molecule has 0 amide bonds. The second kappa shape index (κ2) is 7.00. The lowest BCUT2D eigenvalue weighted by molar-refractivity contribution is -0.149. The first-order valence-electron chi connectivity index (χ1n) is 8.12. The van der Waals surface area contributed by atoms with Crippen molar-refractivity contribution in [2.45, 2.75) is 77.7 Å². The van der Waals surface area contributed by atoms with Crippen LogP contribution in [0.2, 0.25) is 0 Å².